The minimum Gasteiger partial charge on any atom is -0.391 e. The van der Waals surface area contributed by atoms with Gasteiger partial charge in [0.1, 0.15) is 11.6 Å². The van der Waals surface area contributed by atoms with Crippen LogP contribution in [0.2, 0.25) is 0 Å². The van der Waals surface area contributed by atoms with Crippen molar-refractivity contribution in [3.8, 4) is 0 Å². The minimum atomic E-state index is -0.178. The van der Waals surface area contributed by atoms with Crippen molar-refractivity contribution in [2.75, 3.05) is 18.0 Å². The second kappa shape index (κ2) is 3.03. The zero-order valence-corrected chi connectivity index (χ0v) is 8.06. The summed E-state index contributed by atoms with van der Waals surface area (Å²) in [7, 11) is 1.98. The van der Waals surface area contributed by atoms with Crippen LogP contribution in [0.5, 0.6) is 0 Å². The highest BCUT2D eigenvalue weighted by Crippen LogP contribution is 2.18. The van der Waals surface area contributed by atoms with Crippen LogP contribution in [0.3, 0.4) is 0 Å². The molecule has 0 radical (unpaired) electrons. The van der Waals surface area contributed by atoms with Gasteiger partial charge in [-0.25, -0.2) is 4.98 Å². The summed E-state index contributed by atoms with van der Waals surface area (Å²) < 4.78 is 2.00. The maximum atomic E-state index is 9.36. The van der Waals surface area contributed by atoms with Crippen molar-refractivity contribution < 1.29 is 5.11 Å². The first kappa shape index (κ1) is 8.56. The van der Waals surface area contributed by atoms with Crippen LogP contribution < -0.4 is 4.90 Å². The van der Waals surface area contributed by atoms with E-state index < -0.39 is 0 Å². The van der Waals surface area contributed by atoms with Gasteiger partial charge in [0.15, 0.2) is 0 Å². The van der Waals surface area contributed by atoms with Gasteiger partial charge in [-0.05, 0) is 13.3 Å². The van der Waals surface area contributed by atoms with Crippen molar-refractivity contribution >= 4 is 5.82 Å². The summed E-state index contributed by atoms with van der Waals surface area (Å²) in [6.07, 6.45) is 2.69. The number of imidazole rings is 1. The Kier molecular flexibility index (Phi) is 2.00. The standard InChI is InChI=1S/C9H15N3O/c1-7-10-9(6-11(7)2)12-4-3-8(13)5-12/h6,8,13H,3-5H2,1-2H3. The monoisotopic (exact) mass is 181 g/mol. The molecular formula is C9H15N3O. The summed E-state index contributed by atoms with van der Waals surface area (Å²) >= 11 is 0. The van der Waals surface area contributed by atoms with Crippen LogP contribution in [0.1, 0.15) is 12.2 Å². The quantitative estimate of drug-likeness (QED) is 0.677. The third kappa shape index (κ3) is 1.54. The van der Waals surface area contributed by atoms with Crippen molar-refractivity contribution in [1.82, 2.24) is 9.55 Å². The highest BCUT2D eigenvalue weighted by molar-refractivity contribution is 5.39. The van der Waals surface area contributed by atoms with Gasteiger partial charge < -0.3 is 14.6 Å². The van der Waals surface area contributed by atoms with Crippen LogP contribution in [0, 0.1) is 6.92 Å². The molecule has 72 valence electrons. The van der Waals surface area contributed by atoms with Crippen LogP contribution >= 0.6 is 0 Å². The molecule has 13 heavy (non-hydrogen) atoms. The highest BCUT2D eigenvalue weighted by atomic mass is 16.3. The summed E-state index contributed by atoms with van der Waals surface area (Å²) in [6, 6.07) is 0. The molecule has 0 bridgehead atoms. The number of hydrogen-bond acceptors (Lipinski definition) is 3. The van der Waals surface area contributed by atoms with Gasteiger partial charge in [-0.1, -0.05) is 0 Å². The molecule has 1 aliphatic rings. The Morgan fingerprint density at radius 3 is 2.85 bits per heavy atom. The summed E-state index contributed by atoms with van der Waals surface area (Å²) in [5, 5.41) is 9.36. The van der Waals surface area contributed by atoms with Crippen LogP contribution in [0.15, 0.2) is 6.20 Å². The maximum absolute atomic E-state index is 9.36. The summed E-state index contributed by atoms with van der Waals surface area (Å²) in [5.41, 5.74) is 0. The molecular weight excluding hydrogens is 166 g/mol. The van der Waals surface area contributed by atoms with Gasteiger partial charge in [0.25, 0.3) is 0 Å². The van der Waals surface area contributed by atoms with Gasteiger partial charge in [0, 0.05) is 26.3 Å². The molecule has 1 aliphatic heterocycles. The Labute approximate surface area is 77.8 Å². The molecule has 0 aliphatic carbocycles. The third-order valence-electron chi connectivity index (χ3n) is 2.58. The van der Waals surface area contributed by atoms with Gasteiger partial charge >= 0.3 is 0 Å². The lowest BCUT2D eigenvalue weighted by Gasteiger charge is -2.13. The fraction of sp³-hybridized carbons (Fsp3) is 0.667. The Morgan fingerprint density at radius 2 is 2.38 bits per heavy atom. The van der Waals surface area contributed by atoms with Gasteiger partial charge in [-0.15, -0.1) is 0 Å². The molecule has 2 rings (SSSR count). The largest absolute Gasteiger partial charge is 0.391 e. The second-order valence-corrected chi connectivity index (χ2v) is 3.65. The number of nitrogens with zero attached hydrogens (tertiary/aromatic N) is 3. The van der Waals surface area contributed by atoms with Gasteiger partial charge in [-0.2, -0.15) is 0 Å². The van der Waals surface area contributed by atoms with E-state index in [9.17, 15) is 5.11 Å². The minimum absolute atomic E-state index is 0.178. The summed E-state index contributed by atoms with van der Waals surface area (Å²) in [5.74, 6) is 1.99. The smallest absolute Gasteiger partial charge is 0.147 e. The summed E-state index contributed by atoms with van der Waals surface area (Å²) in [6.45, 7) is 3.62. The topological polar surface area (TPSA) is 41.3 Å². The Bertz CT molecular complexity index is 288. The molecule has 0 saturated carbocycles. The predicted molar refractivity (Wildman–Crippen MR) is 50.8 cm³/mol. The predicted octanol–water partition coefficient (Wildman–Crippen LogP) is 0.300. The molecule has 1 unspecified atom stereocenters. The van der Waals surface area contributed by atoms with E-state index >= 15 is 0 Å². The SMILES string of the molecule is Cc1nc(N2CCC(O)C2)cn1C. The lowest BCUT2D eigenvalue weighted by atomic mass is 10.3. The number of aliphatic hydroxyl groups excluding tert-OH is 1. The molecule has 1 fully saturated rings. The van der Waals surface area contributed by atoms with E-state index in [0.717, 1.165) is 31.2 Å². The first-order chi connectivity index (χ1) is 6.16. The van der Waals surface area contributed by atoms with Crippen molar-refractivity contribution in [3.63, 3.8) is 0 Å². The molecule has 1 saturated heterocycles. The fourth-order valence-electron chi connectivity index (χ4n) is 1.64. The average molecular weight is 181 g/mol. The van der Waals surface area contributed by atoms with Gasteiger partial charge in [0.2, 0.25) is 0 Å². The first-order valence-corrected chi connectivity index (χ1v) is 4.60. The Morgan fingerprint density at radius 1 is 1.62 bits per heavy atom. The molecule has 4 nitrogen and oxygen atoms in total. The molecule has 2 heterocycles. The number of rotatable bonds is 1. The zero-order chi connectivity index (χ0) is 9.42. The van der Waals surface area contributed by atoms with Gasteiger partial charge in [0.05, 0.1) is 6.10 Å². The van der Waals surface area contributed by atoms with Crippen molar-refractivity contribution in [3.05, 3.63) is 12.0 Å². The molecule has 0 aromatic carbocycles. The number of hydrogen-bond donors (Lipinski definition) is 1. The van der Waals surface area contributed by atoms with E-state index in [4.69, 9.17) is 0 Å². The Hall–Kier alpha value is -1.03. The average Bonchev–Trinajstić information content (AvgIpc) is 2.61. The number of anilines is 1. The fourth-order valence-corrected chi connectivity index (χ4v) is 1.64. The number of aliphatic hydroxyl groups is 1. The van der Waals surface area contributed by atoms with E-state index in [0.29, 0.717) is 0 Å². The molecule has 1 aromatic heterocycles. The van der Waals surface area contributed by atoms with E-state index in [1.165, 1.54) is 0 Å². The zero-order valence-electron chi connectivity index (χ0n) is 8.06. The van der Waals surface area contributed by atoms with Gasteiger partial charge in [-0.3, -0.25) is 0 Å². The lowest BCUT2D eigenvalue weighted by Crippen LogP contribution is -2.21. The normalized spacial score (nSPS) is 22.7. The number of aryl methyl sites for hydroxylation is 2. The molecule has 1 aromatic rings. The molecule has 0 spiro atoms. The highest BCUT2D eigenvalue weighted by Gasteiger charge is 2.22. The molecule has 1 atom stereocenters. The lowest BCUT2D eigenvalue weighted by molar-refractivity contribution is 0.198. The van der Waals surface area contributed by atoms with Crippen LogP contribution in [0.25, 0.3) is 0 Å². The molecule has 4 heteroatoms. The summed E-state index contributed by atoms with van der Waals surface area (Å²) in [4.78, 5) is 6.53. The number of β-amino-alcohol motifs (C(OH)–C–C–N with tert-alkyl or cyclic N) is 1. The van der Waals surface area contributed by atoms with Crippen LogP contribution in [-0.4, -0.2) is 33.9 Å². The van der Waals surface area contributed by atoms with E-state index in [1.807, 2.05) is 24.7 Å². The molecule has 1 N–H and O–H groups in total. The van der Waals surface area contributed by atoms with Crippen molar-refractivity contribution in [1.29, 1.82) is 0 Å². The first-order valence-electron chi connectivity index (χ1n) is 4.60. The van der Waals surface area contributed by atoms with Crippen molar-refractivity contribution in [2.24, 2.45) is 7.05 Å². The van der Waals surface area contributed by atoms with Crippen molar-refractivity contribution in [2.45, 2.75) is 19.4 Å². The van der Waals surface area contributed by atoms with E-state index in [-0.39, 0.29) is 6.10 Å². The van der Waals surface area contributed by atoms with E-state index in [2.05, 4.69) is 9.88 Å². The Balaban J connectivity index is 2.17. The molecule has 0 amide bonds. The van der Waals surface area contributed by atoms with Crippen LogP contribution in [-0.2, 0) is 7.05 Å². The number of aromatic nitrogens is 2. The maximum Gasteiger partial charge on any atom is 0.147 e. The third-order valence-corrected chi connectivity index (χ3v) is 2.58. The van der Waals surface area contributed by atoms with Crippen LogP contribution in [0.4, 0.5) is 5.82 Å². The van der Waals surface area contributed by atoms with E-state index in [1.54, 1.807) is 0 Å². The second-order valence-electron chi connectivity index (χ2n) is 3.65.